The number of hydrogen-bond donors (Lipinski definition) is 2. The summed E-state index contributed by atoms with van der Waals surface area (Å²) in [5, 5.41) is 0. The number of nitrogens with one attached hydrogen (secondary N) is 2. The summed E-state index contributed by atoms with van der Waals surface area (Å²) in [6.45, 7) is 0.536. The molecule has 0 aliphatic heterocycles. The minimum absolute atomic E-state index is 0.258. The Morgan fingerprint density at radius 3 is 2.76 bits per heavy atom. The first-order valence-electron chi connectivity index (χ1n) is 6.47. The fourth-order valence-corrected chi connectivity index (χ4v) is 2.75. The van der Waals surface area contributed by atoms with E-state index in [1.54, 1.807) is 26.6 Å². The Bertz CT molecular complexity index is 669. The molecule has 2 aromatic rings. The van der Waals surface area contributed by atoms with E-state index in [1.165, 1.54) is 4.31 Å². The fourth-order valence-electron chi connectivity index (χ4n) is 1.87. The molecule has 1 aromatic carbocycles. The van der Waals surface area contributed by atoms with Crippen LogP contribution in [0.1, 0.15) is 11.1 Å². The van der Waals surface area contributed by atoms with Crippen LogP contribution in [-0.2, 0) is 23.3 Å². The predicted octanol–water partition coefficient (Wildman–Crippen LogP) is 1.49. The minimum Gasteiger partial charge on any atom is -0.497 e. The molecule has 114 valence electrons. The standard InChI is InChI=1S/C14H19N3O3S/c1-17(11-12-4-3-5-14(8-12)20-2)21(18,19)16-10-13-6-7-15-9-13/h3-9,15-16H,10-11H2,1-2H3. The van der Waals surface area contributed by atoms with Gasteiger partial charge in [0.15, 0.2) is 0 Å². The van der Waals surface area contributed by atoms with Gasteiger partial charge in [-0.1, -0.05) is 12.1 Å². The monoisotopic (exact) mass is 309 g/mol. The third-order valence-electron chi connectivity index (χ3n) is 3.07. The lowest BCUT2D eigenvalue weighted by Gasteiger charge is -2.18. The summed E-state index contributed by atoms with van der Waals surface area (Å²) in [4.78, 5) is 2.89. The first kappa shape index (κ1) is 15.6. The Hall–Kier alpha value is -1.83. The number of hydrogen-bond acceptors (Lipinski definition) is 3. The van der Waals surface area contributed by atoms with Crippen molar-refractivity contribution in [3.8, 4) is 5.75 Å². The van der Waals surface area contributed by atoms with E-state index in [9.17, 15) is 8.42 Å². The number of nitrogens with zero attached hydrogens (tertiary/aromatic N) is 1. The molecule has 0 atom stereocenters. The molecule has 0 fully saturated rings. The Morgan fingerprint density at radius 1 is 1.29 bits per heavy atom. The molecule has 1 aromatic heterocycles. The summed E-state index contributed by atoms with van der Waals surface area (Å²) >= 11 is 0. The number of benzene rings is 1. The number of aromatic amines is 1. The summed E-state index contributed by atoms with van der Waals surface area (Å²) < 4.78 is 33.3. The largest absolute Gasteiger partial charge is 0.497 e. The molecule has 0 radical (unpaired) electrons. The van der Waals surface area contributed by atoms with Crippen molar-refractivity contribution in [1.82, 2.24) is 14.0 Å². The van der Waals surface area contributed by atoms with Crippen molar-refractivity contribution in [2.24, 2.45) is 0 Å². The summed E-state index contributed by atoms with van der Waals surface area (Å²) in [7, 11) is -0.404. The zero-order valence-electron chi connectivity index (χ0n) is 12.0. The molecule has 21 heavy (non-hydrogen) atoms. The number of ether oxygens (including phenoxy) is 1. The van der Waals surface area contributed by atoms with Crippen LogP contribution in [0.25, 0.3) is 0 Å². The van der Waals surface area contributed by atoms with E-state index < -0.39 is 10.2 Å². The van der Waals surface area contributed by atoms with Gasteiger partial charge in [-0.15, -0.1) is 0 Å². The van der Waals surface area contributed by atoms with Gasteiger partial charge < -0.3 is 9.72 Å². The lowest BCUT2D eigenvalue weighted by molar-refractivity contribution is 0.412. The van der Waals surface area contributed by atoms with Gasteiger partial charge in [-0.25, -0.2) is 0 Å². The highest BCUT2D eigenvalue weighted by atomic mass is 32.2. The molecule has 0 unspecified atom stereocenters. The molecule has 1 heterocycles. The van der Waals surface area contributed by atoms with Gasteiger partial charge in [-0.3, -0.25) is 0 Å². The first-order chi connectivity index (χ1) is 10.0. The van der Waals surface area contributed by atoms with Gasteiger partial charge in [0.05, 0.1) is 7.11 Å². The average Bonchev–Trinajstić information content (AvgIpc) is 2.99. The third kappa shape index (κ3) is 4.32. The summed E-state index contributed by atoms with van der Waals surface area (Å²) in [5.41, 5.74) is 1.75. The van der Waals surface area contributed by atoms with Crippen LogP contribution in [0.2, 0.25) is 0 Å². The first-order valence-corrected chi connectivity index (χ1v) is 7.91. The van der Waals surface area contributed by atoms with Crippen molar-refractivity contribution in [3.63, 3.8) is 0 Å². The fraction of sp³-hybridized carbons (Fsp3) is 0.286. The van der Waals surface area contributed by atoms with Crippen LogP contribution in [0.15, 0.2) is 42.7 Å². The lowest BCUT2D eigenvalue weighted by Crippen LogP contribution is -2.37. The van der Waals surface area contributed by atoms with Gasteiger partial charge in [-0.05, 0) is 29.3 Å². The zero-order valence-corrected chi connectivity index (χ0v) is 12.9. The molecular weight excluding hydrogens is 290 g/mol. The van der Waals surface area contributed by atoms with E-state index in [0.29, 0.717) is 5.75 Å². The number of H-pyrrole nitrogens is 1. The van der Waals surface area contributed by atoms with Crippen molar-refractivity contribution < 1.29 is 13.2 Å². The molecular formula is C14H19N3O3S. The highest BCUT2D eigenvalue weighted by Gasteiger charge is 2.17. The normalized spacial score (nSPS) is 11.8. The van der Waals surface area contributed by atoms with Crippen molar-refractivity contribution in [2.75, 3.05) is 14.2 Å². The highest BCUT2D eigenvalue weighted by molar-refractivity contribution is 7.87. The number of methoxy groups -OCH3 is 1. The second kappa shape index (κ2) is 6.75. The second-order valence-corrected chi connectivity index (χ2v) is 6.52. The van der Waals surface area contributed by atoms with E-state index in [4.69, 9.17) is 4.74 Å². The van der Waals surface area contributed by atoms with Gasteiger partial charge in [-0.2, -0.15) is 17.4 Å². The highest BCUT2D eigenvalue weighted by Crippen LogP contribution is 2.14. The van der Waals surface area contributed by atoms with Gasteiger partial charge >= 0.3 is 0 Å². The maximum absolute atomic E-state index is 12.2. The van der Waals surface area contributed by atoms with E-state index in [0.717, 1.165) is 11.1 Å². The van der Waals surface area contributed by atoms with Gasteiger partial charge in [0.2, 0.25) is 0 Å². The second-order valence-electron chi connectivity index (χ2n) is 4.65. The van der Waals surface area contributed by atoms with Crippen LogP contribution < -0.4 is 9.46 Å². The van der Waals surface area contributed by atoms with Crippen molar-refractivity contribution in [3.05, 3.63) is 53.9 Å². The van der Waals surface area contributed by atoms with Crippen LogP contribution in [-0.4, -0.2) is 31.9 Å². The van der Waals surface area contributed by atoms with Crippen LogP contribution >= 0.6 is 0 Å². The maximum atomic E-state index is 12.2. The molecule has 7 heteroatoms. The Kier molecular flexibility index (Phi) is 5.00. The Labute approximate surface area is 124 Å². The molecule has 2 rings (SSSR count). The van der Waals surface area contributed by atoms with E-state index in [1.807, 2.05) is 30.3 Å². The lowest BCUT2D eigenvalue weighted by atomic mass is 10.2. The quantitative estimate of drug-likeness (QED) is 0.814. The summed E-state index contributed by atoms with van der Waals surface area (Å²) in [5.74, 6) is 0.707. The molecule has 6 nitrogen and oxygen atoms in total. The number of rotatable bonds is 7. The van der Waals surface area contributed by atoms with Crippen LogP contribution in [0.4, 0.5) is 0 Å². The maximum Gasteiger partial charge on any atom is 0.279 e. The Morgan fingerprint density at radius 2 is 2.10 bits per heavy atom. The Balaban J connectivity index is 1.98. The molecule has 0 saturated heterocycles. The van der Waals surface area contributed by atoms with Crippen molar-refractivity contribution in [1.29, 1.82) is 0 Å². The van der Waals surface area contributed by atoms with Crippen molar-refractivity contribution in [2.45, 2.75) is 13.1 Å². The zero-order chi connectivity index (χ0) is 15.3. The number of aromatic nitrogens is 1. The van der Waals surface area contributed by atoms with E-state index >= 15 is 0 Å². The van der Waals surface area contributed by atoms with Crippen molar-refractivity contribution >= 4 is 10.2 Å². The van der Waals surface area contributed by atoms with Crippen LogP contribution in [0.5, 0.6) is 5.75 Å². The molecule has 0 aliphatic carbocycles. The van der Waals surface area contributed by atoms with E-state index in [2.05, 4.69) is 9.71 Å². The molecule has 0 aliphatic rings. The summed E-state index contributed by atoms with van der Waals surface area (Å²) in [6, 6.07) is 9.16. The topological polar surface area (TPSA) is 74.4 Å². The molecule has 0 amide bonds. The molecule has 2 N–H and O–H groups in total. The van der Waals surface area contributed by atoms with Gasteiger partial charge in [0.25, 0.3) is 10.2 Å². The van der Waals surface area contributed by atoms with Gasteiger partial charge in [0.1, 0.15) is 5.75 Å². The average molecular weight is 309 g/mol. The smallest absolute Gasteiger partial charge is 0.279 e. The van der Waals surface area contributed by atoms with E-state index in [-0.39, 0.29) is 13.1 Å². The molecule has 0 saturated carbocycles. The SMILES string of the molecule is COc1cccc(CN(C)S(=O)(=O)NCc2cc[nH]c2)c1. The predicted molar refractivity (Wildman–Crippen MR) is 81.0 cm³/mol. The summed E-state index contributed by atoms with van der Waals surface area (Å²) in [6.07, 6.45) is 3.51. The van der Waals surface area contributed by atoms with Crippen LogP contribution in [0, 0.1) is 0 Å². The van der Waals surface area contributed by atoms with Crippen LogP contribution in [0.3, 0.4) is 0 Å². The molecule has 0 spiro atoms. The van der Waals surface area contributed by atoms with Gasteiger partial charge in [0, 0.05) is 32.5 Å². The molecule has 0 bridgehead atoms. The third-order valence-corrected chi connectivity index (χ3v) is 4.53. The minimum atomic E-state index is -3.53.